The molecule has 1 saturated heterocycles. The number of ether oxygens (including phenoxy) is 1. The number of halogens is 2. The van der Waals surface area contributed by atoms with E-state index in [1.807, 2.05) is 7.05 Å². The average molecular weight is 342 g/mol. The third-order valence-corrected chi connectivity index (χ3v) is 4.51. The van der Waals surface area contributed by atoms with E-state index >= 15 is 0 Å². The number of nitrogens with zero attached hydrogens (tertiary/aromatic N) is 2. The predicted molar refractivity (Wildman–Crippen MR) is 92.4 cm³/mol. The van der Waals surface area contributed by atoms with Gasteiger partial charge in [-0.1, -0.05) is 17.7 Å². The van der Waals surface area contributed by atoms with Gasteiger partial charge >= 0.3 is 0 Å². The third kappa shape index (κ3) is 5.66. The lowest BCUT2D eigenvalue weighted by atomic mass is 9.96. The molecule has 0 spiro atoms. The molecule has 6 heteroatoms. The van der Waals surface area contributed by atoms with Crippen LogP contribution < -0.4 is 5.32 Å². The molecule has 1 aromatic carbocycles. The lowest BCUT2D eigenvalue weighted by Gasteiger charge is -2.26. The first-order valence-electron chi connectivity index (χ1n) is 8.03. The van der Waals surface area contributed by atoms with Gasteiger partial charge in [0.25, 0.3) is 0 Å². The molecule has 2 rings (SSSR count). The fourth-order valence-corrected chi connectivity index (χ4v) is 2.94. The van der Waals surface area contributed by atoms with Gasteiger partial charge in [-0.15, -0.1) is 0 Å². The van der Waals surface area contributed by atoms with Crippen LogP contribution in [-0.4, -0.2) is 44.7 Å². The van der Waals surface area contributed by atoms with Gasteiger partial charge in [0, 0.05) is 40.4 Å². The van der Waals surface area contributed by atoms with Crippen molar-refractivity contribution in [1.82, 2.24) is 10.2 Å². The lowest BCUT2D eigenvalue weighted by molar-refractivity contribution is 0.0625. The van der Waals surface area contributed by atoms with E-state index in [9.17, 15) is 4.39 Å². The Labute approximate surface area is 142 Å². The van der Waals surface area contributed by atoms with Crippen molar-refractivity contribution in [3.8, 4) is 0 Å². The summed E-state index contributed by atoms with van der Waals surface area (Å²) >= 11 is 5.81. The third-order valence-electron chi connectivity index (χ3n) is 4.22. The quantitative estimate of drug-likeness (QED) is 0.659. The number of hydrogen-bond acceptors (Lipinski definition) is 2. The molecule has 0 radical (unpaired) electrons. The molecule has 0 aromatic heterocycles. The normalized spacial score (nSPS) is 16.4. The molecule has 1 heterocycles. The summed E-state index contributed by atoms with van der Waals surface area (Å²) < 4.78 is 18.6. The summed E-state index contributed by atoms with van der Waals surface area (Å²) in [7, 11) is 3.80. The second kappa shape index (κ2) is 9.08. The summed E-state index contributed by atoms with van der Waals surface area (Å²) in [6, 6.07) is 4.75. The molecule has 1 aliphatic heterocycles. The van der Waals surface area contributed by atoms with Gasteiger partial charge in [-0.05, 0) is 42.9 Å². The number of nitrogens with one attached hydrogen (secondary N) is 1. The molecule has 23 heavy (non-hydrogen) atoms. The van der Waals surface area contributed by atoms with Crippen molar-refractivity contribution in [1.29, 1.82) is 0 Å². The van der Waals surface area contributed by atoms with Gasteiger partial charge < -0.3 is 15.0 Å². The number of hydrogen-bond donors (Lipinski definition) is 1. The number of guanidine groups is 1. The molecule has 1 aromatic rings. The van der Waals surface area contributed by atoms with Crippen molar-refractivity contribution < 1.29 is 9.13 Å². The van der Waals surface area contributed by atoms with Crippen LogP contribution >= 0.6 is 11.6 Å². The minimum atomic E-state index is -0.395. The summed E-state index contributed by atoms with van der Waals surface area (Å²) in [5.41, 5.74) is 0.926. The lowest BCUT2D eigenvalue weighted by Crippen LogP contribution is -2.39. The molecule has 0 saturated carbocycles. The minimum absolute atomic E-state index is 0.146. The molecule has 0 aliphatic carbocycles. The maximum atomic E-state index is 13.2. The molecular weight excluding hydrogens is 317 g/mol. The Morgan fingerprint density at radius 3 is 2.83 bits per heavy atom. The first-order chi connectivity index (χ1) is 11.1. The van der Waals surface area contributed by atoms with E-state index < -0.39 is 5.82 Å². The summed E-state index contributed by atoms with van der Waals surface area (Å²) in [6.45, 7) is 3.28. The van der Waals surface area contributed by atoms with Crippen LogP contribution in [0.5, 0.6) is 0 Å². The SMILES string of the molecule is CN=C(NCc1ccc(F)c(Cl)c1)N(C)CCC1CCOCC1. The van der Waals surface area contributed by atoms with Crippen molar-refractivity contribution in [2.45, 2.75) is 25.8 Å². The van der Waals surface area contributed by atoms with E-state index in [1.54, 1.807) is 19.2 Å². The standard InChI is InChI=1S/C17H25ClFN3O/c1-20-17(21-12-14-3-4-16(19)15(18)11-14)22(2)8-5-13-6-9-23-10-7-13/h3-4,11,13H,5-10,12H2,1-2H3,(H,20,21). The minimum Gasteiger partial charge on any atom is -0.381 e. The van der Waals surface area contributed by atoms with Crippen LogP contribution in [0.3, 0.4) is 0 Å². The van der Waals surface area contributed by atoms with E-state index in [2.05, 4.69) is 15.2 Å². The van der Waals surface area contributed by atoms with Crippen LogP contribution in [0.25, 0.3) is 0 Å². The number of aliphatic imine (C=N–C) groups is 1. The van der Waals surface area contributed by atoms with Gasteiger partial charge in [0.15, 0.2) is 5.96 Å². The van der Waals surface area contributed by atoms with Crippen molar-refractivity contribution in [3.63, 3.8) is 0 Å². The maximum absolute atomic E-state index is 13.2. The molecule has 0 atom stereocenters. The Bertz CT molecular complexity index is 533. The maximum Gasteiger partial charge on any atom is 0.193 e. The molecule has 0 unspecified atom stereocenters. The average Bonchev–Trinajstić information content (AvgIpc) is 2.57. The van der Waals surface area contributed by atoms with Gasteiger partial charge in [0.2, 0.25) is 0 Å². The highest BCUT2D eigenvalue weighted by molar-refractivity contribution is 6.30. The van der Waals surface area contributed by atoms with Gasteiger partial charge in [-0.25, -0.2) is 4.39 Å². The monoisotopic (exact) mass is 341 g/mol. The molecule has 1 fully saturated rings. The van der Waals surface area contributed by atoms with Crippen molar-refractivity contribution in [3.05, 3.63) is 34.6 Å². The largest absolute Gasteiger partial charge is 0.381 e. The topological polar surface area (TPSA) is 36.9 Å². The van der Waals surface area contributed by atoms with Gasteiger partial charge in [0.1, 0.15) is 5.82 Å². The van der Waals surface area contributed by atoms with Gasteiger partial charge in [-0.2, -0.15) is 0 Å². The zero-order chi connectivity index (χ0) is 16.7. The van der Waals surface area contributed by atoms with Crippen LogP contribution in [0.2, 0.25) is 5.02 Å². The smallest absolute Gasteiger partial charge is 0.193 e. The van der Waals surface area contributed by atoms with Crippen LogP contribution in [0.4, 0.5) is 4.39 Å². The van der Waals surface area contributed by atoms with E-state index in [4.69, 9.17) is 16.3 Å². The zero-order valence-corrected chi connectivity index (χ0v) is 14.6. The first-order valence-corrected chi connectivity index (χ1v) is 8.41. The Morgan fingerprint density at radius 1 is 1.43 bits per heavy atom. The van der Waals surface area contributed by atoms with Crippen LogP contribution in [0.1, 0.15) is 24.8 Å². The molecular formula is C17H25ClFN3O. The van der Waals surface area contributed by atoms with E-state index in [0.29, 0.717) is 6.54 Å². The fourth-order valence-electron chi connectivity index (χ4n) is 2.73. The fraction of sp³-hybridized carbons (Fsp3) is 0.588. The molecule has 128 valence electrons. The second-order valence-electron chi connectivity index (χ2n) is 5.92. The number of rotatable bonds is 5. The predicted octanol–water partition coefficient (Wildman–Crippen LogP) is 3.30. The summed E-state index contributed by atoms with van der Waals surface area (Å²) in [5.74, 6) is 1.17. The van der Waals surface area contributed by atoms with Crippen molar-refractivity contribution >= 4 is 17.6 Å². The molecule has 1 aliphatic rings. The summed E-state index contributed by atoms with van der Waals surface area (Å²) in [6.07, 6.45) is 3.44. The van der Waals surface area contributed by atoms with E-state index in [0.717, 1.165) is 56.5 Å². The first kappa shape index (κ1) is 18.0. The zero-order valence-electron chi connectivity index (χ0n) is 13.8. The Kier molecular flexibility index (Phi) is 7.12. The van der Waals surface area contributed by atoms with E-state index in [-0.39, 0.29) is 5.02 Å². The Balaban J connectivity index is 1.80. The summed E-state index contributed by atoms with van der Waals surface area (Å²) in [5, 5.41) is 3.44. The highest BCUT2D eigenvalue weighted by Gasteiger charge is 2.15. The Morgan fingerprint density at radius 2 is 2.17 bits per heavy atom. The second-order valence-corrected chi connectivity index (χ2v) is 6.32. The molecule has 0 bridgehead atoms. The van der Waals surface area contributed by atoms with Crippen LogP contribution in [-0.2, 0) is 11.3 Å². The molecule has 1 N–H and O–H groups in total. The van der Waals surface area contributed by atoms with Gasteiger partial charge in [0.05, 0.1) is 5.02 Å². The van der Waals surface area contributed by atoms with Gasteiger partial charge in [-0.3, -0.25) is 4.99 Å². The van der Waals surface area contributed by atoms with E-state index in [1.165, 1.54) is 6.07 Å². The van der Waals surface area contributed by atoms with Crippen LogP contribution in [0.15, 0.2) is 23.2 Å². The van der Waals surface area contributed by atoms with Crippen LogP contribution in [0, 0.1) is 11.7 Å². The number of benzene rings is 1. The molecule has 4 nitrogen and oxygen atoms in total. The summed E-state index contributed by atoms with van der Waals surface area (Å²) in [4.78, 5) is 6.43. The Hall–Kier alpha value is -1.33. The highest BCUT2D eigenvalue weighted by Crippen LogP contribution is 2.18. The van der Waals surface area contributed by atoms with Crippen molar-refractivity contribution in [2.75, 3.05) is 33.9 Å². The molecule has 0 amide bonds. The van der Waals surface area contributed by atoms with Crippen molar-refractivity contribution in [2.24, 2.45) is 10.9 Å². The highest BCUT2D eigenvalue weighted by atomic mass is 35.5.